The molecule has 7 nitrogen and oxygen atoms in total. The maximum Gasteiger partial charge on any atom is 0.330 e. The Morgan fingerprint density at radius 3 is 2.76 bits per heavy atom. The number of H-pyrrole nitrogens is 2. The van der Waals surface area contributed by atoms with Crippen LogP contribution in [0.1, 0.15) is 29.4 Å². The minimum absolute atomic E-state index is 0.0739. The summed E-state index contributed by atoms with van der Waals surface area (Å²) in [6.07, 6.45) is 5.19. The molecule has 2 N–H and O–H groups in total. The highest BCUT2D eigenvalue weighted by Gasteiger charge is 2.16. The fraction of sp³-hybridized carbons (Fsp3) is 0.138. The van der Waals surface area contributed by atoms with Crippen LogP contribution in [0, 0.1) is 18.6 Å². The molecule has 0 atom stereocenters. The highest BCUT2D eigenvalue weighted by atomic mass is 19.1. The first-order valence-corrected chi connectivity index (χ1v) is 12.0. The lowest BCUT2D eigenvalue weighted by Crippen LogP contribution is -1.98. The summed E-state index contributed by atoms with van der Waals surface area (Å²) in [5.41, 5.74) is 3.19. The number of esters is 1. The number of nitrogens with one attached hydrogen (secondary N) is 2. The van der Waals surface area contributed by atoms with Crippen LogP contribution < -0.4 is 4.74 Å². The second-order valence-corrected chi connectivity index (χ2v) is 8.62. The largest absolute Gasteiger partial charge is 0.463 e. The zero-order chi connectivity index (χ0) is 26.6. The normalized spacial score (nSPS) is 11.4. The van der Waals surface area contributed by atoms with Crippen LogP contribution in [0.5, 0.6) is 11.5 Å². The molecule has 192 valence electrons. The van der Waals surface area contributed by atoms with Crippen molar-refractivity contribution in [1.82, 2.24) is 20.2 Å². The monoisotopic (exact) mass is 514 g/mol. The molecule has 0 saturated heterocycles. The first-order valence-electron chi connectivity index (χ1n) is 12.0. The number of aromatic nitrogens is 4. The van der Waals surface area contributed by atoms with E-state index < -0.39 is 17.6 Å². The van der Waals surface area contributed by atoms with E-state index in [1.165, 1.54) is 30.3 Å². The van der Waals surface area contributed by atoms with Crippen molar-refractivity contribution in [1.29, 1.82) is 0 Å². The molecule has 0 amide bonds. The van der Waals surface area contributed by atoms with Gasteiger partial charge in [-0.15, -0.1) is 10.2 Å². The van der Waals surface area contributed by atoms with Gasteiger partial charge in [-0.2, -0.15) is 0 Å². The number of fused-ring (bicyclic) bond motifs is 1. The van der Waals surface area contributed by atoms with Crippen molar-refractivity contribution in [3.05, 3.63) is 101 Å². The summed E-state index contributed by atoms with van der Waals surface area (Å²) in [5, 5.41) is 9.10. The summed E-state index contributed by atoms with van der Waals surface area (Å²) < 4.78 is 40.2. The molecule has 0 aliphatic carbocycles. The molecule has 0 bridgehead atoms. The SMILES string of the molecule is CCOC(=O)C=Cc1cccc(Cc2nnc(-c3cc(Oc4c(F)cc5[nH]ccc5c4C)ccc3F)[nH]2)c1. The average molecular weight is 515 g/mol. The molecule has 9 heteroatoms. The van der Waals surface area contributed by atoms with Gasteiger partial charge in [0.15, 0.2) is 17.4 Å². The summed E-state index contributed by atoms with van der Waals surface area (Å²) in [5.74, 6) is -0.373. The minimum atomic E-state index is -0.524. The Morgan fingerprint density at radius 2 is 1.92 bits per heavy atom. The molecule has 0 aliphatic rings. The lowest BCUT2D eigenvalue weighted by Gasteiger charge is -2.12. The fourth-order valence-corrected chi connectivity index (χ4v) is 4.17. The number of nitrogens with zero attached hydrogens (tertiary/aromatic N) is 2. The third-order valence-corrected chi connectivity index (χ3v) is 5.98. The lowest BCUT2D eigenvalue weighted by molar-refractivity contribution is -0.137. The van der Waals surface area contributed by atoms with Crippen LogP contribution in [0.2, 0.25) is 0 Å². The van der Waals surface area contributed by atoms with Gasteiger partial charge in [0.05, 0.1) is 12.2 Å². The summed E-state index contributed by atoms with van der Waals surface area (Å²) in [4.78, 5) is 17.6. The van der Waals surface area contributed by atoms with Crippen LogP contribution in [-0.2, 0) is 16.0 Å². The molecule has 0 saturated carbocycles. The number of aryl methyl sites for hydroxylation is 1. The molecule has 0 radical (unpaired) electrons. The number of benzene rings is 3. The molecule has 0 fully saturated rings. The van der Waals surface area contributed by atoms with Gasteiger partial charge in [-0.1, -0.05) is 24.3 Å². The van der Waals surface area contributed by atoms with Crippen LogP contribution >= 0.6 is 0 Å². The van der Waals surface area contributed by atoms with Gasteiger partial charge in [-0.05, 0) is 55.3 Å². The van der Waals surface area contributed by atoms with E-state index in [2.05, 4.69) is 20.2 Å². The van der Waals surface area contributed by atoms with E-state index >= 15 is 0 Å². The molecule has 0 spiro atoms. The number of carbonyl (C=O) groups excluding carboxylic acids is 1. The Labute approximate surface area is 217 Å². The highest BCUT2D eigenvalue weighted by molar-refractivity contribution is 5.87. The Morgan fingerprint density at radius 1 is 1.05 bits per heavy atom. The van der Waals surface area contributed by atoms with Gasteiger partial charge in [0, 0.05) is 41.2 Å². The topological polar surface area (TPSA) is 92.9 Å². The predicted molar refractivity (Wildman–Crippen MR) is 140 cm³/mol. The second kappa shape index (κ2) is 10.7. The van der Waals surface area contributed by atoms with Gasteiger partial charge in [-0.25, -0.2) is 13.6 Å². The van der Waals surface area contributed by atoms with Crippen LogP contribution in [0.25, 0.3) is 28.4 Å². The molecule has 0 unspecified atom stereocenters. The Hall–Kier alpha value is -4.79. The Balaban J connectivity index is 1.35. The molecule has 3 aromatic carbocycles. The lowest BCUT2D eigenvalue weighted by atomic mass is 10.1. The quantitative estimate of drug-likeness (QED) is 0.182. The molecule has 2 heterocycles. The van der Waals surface area contributed by atoms with E-state index in [4.69, 9.17) is 9.47 Å². The first kappa shape index (κ1) is 24.9. The smallest absolute Gasteiger partial charge is 0.330 e. The molecule has 0 aliphatic heterocycles. The van der Waals surface area contributed by atoms with Gasteiger partial charge in [-0.3, -0.25) is 0 Å². The number of ether oxygens (including phenoxy) is 2. The van der Waals surface area contributed by atoms with Crippen molar-refractivity contribution in [3.8, 4) is 22.9 Å². The summed E-state index contributed by atoms with van der Waals surface area (Å²) >= 11 is 0. The molecule has 5 rings (SSSR count). The van der Waals surface area contributed by atoms with Crippen LogP contribution in [-0.4, -0.2) is 32.7 Å². The zero-order valence-corrected chi connectivity index (χ0v) is 20.7. The van der Waals surface area contributed by atoms with Crippen molar-refractivity contribution < 1.29 is 23.0 Å². The summed E-state index contributed by atoms with van der Waals surface area (Å²) in [6, 6.07) is 14.9. The second-order valence-electron chi connectivity index (χ2n) is 8.62. The first-order chi connectivity index (χ1) is 18.4. The van der Waals surface area contributed by atoms with Crippen LogP contribution in [0.15, 0.2) is 66.9 Å². The number of halogens is 2. The number of aromatic amines is 2. The average Bonchev–Trinajstić information content (AvgIpc) is 3.56. The van der Waals surface area contributed by atoms with Gasteiger partial charge in [0.25, 0.3) is 0 Å². The number of hydrogen-bond acceptors (Lipinski definition) is 5. The maximum absolute atomic E-state index is 14.7. The van der Waals surface area contributed by atoms with Crippen molar-refractivity contribution >= 4 is 22.9 Å². The third kappa shape index (κ3) is 5.31. The number of rotatable bonds is 8. The van der Waals surface area contributed by atoms with Crippen molar-refractivity contribution in [2.24, 2.45) is 0 Å². The van der Waals surface area contributed by atoms with Gasteiger partial charge in [0.2, 0.25) is 0 Å². The predicted octanol–water partition coefficient (Wildman–Crippen LogP) is 6.50. The summed E-state index contributed by atoms with van der Waals surface area (Å²) in [7, 11) is 0. The van der Waals surface area contributed by atoms with Gasteiger partial charge in [0.1, 0.15) is 17.4 Å². The van der Waals surface area contributed by atoms with Gasteiger partial charge < -0.3 is 19.4 Å². The highest BCUT2D eigenvalue weighted by Crippen LogP contribution is 2.35. The van der Waals surface area contributed by atoms with Crippen LogP contribution in [0.3, 0.4) is 0 Å². The van der Waals surface area contributed by atoms with Crippen molar-refractivity contribution in [3.63, 3.8) is 0 Å². The molecule has 5 aromatic rings. The minimum Gasteiger partial charge on any atom is -0.463 e. The fourth-order valence-electron chi connectivity index (χ4n) is 4.17. The number of hydrogen-bond donors (Lipinski definition) is 2. The van der Waals surface area contributed by atoms with E-state index in [0.717, 1.165) is 16.5 Å². The van der Waals surface area contributed by atoms with Gasteiger partial charge >= 0.3 is 5.97 Å². The van der Waals surface area contributed by atoms with Crippen molar-refractivity contribution in [2.75, 3.05) is 6.61 Å². The molecular formula is C29H24F2N4O3. The van der Waals surface area contributed by atoms with E-state index in [9.17, 15) is 13.6 Å². The van der Waals surface area contributed by atoms with E-state index in [1.807, 2.05) is 30.3 Å². The van der Waals surface area contributed by atoms with Crippen molar-refractivity contribution in [2.45, 2.75) is 20.3 Å². The Bertz CT molecular complexity index is 1660. The zero-order valence-electron chi connectivity index (χ0n) is 20.7. The van der Waals surface area contributed by atoms with E-state index in [-0.39, 0.29) is 22.9 Å². The number of carbonyl (C=O) groups is 1. The third-order valence-electron chi connectivity index (χ3n) is 5.98. The molecule has 2 aromatic heterocycles. The molecular weight excluding hydrogens is 490 g/mol. The Kier molecular flexibility index (Phi) is 6.99. The summed E-state index contributed by atoms with van der Waals surface area (Å²) in [6.45, 7) is 3.83. The molecule has 38 heavy (non-hydrogen) atoms. The van der Waals surface area contributed by atoms with E-state index in [1.54, 1.807) is 26.1 Å². The van der Waals surface area contributed by atoms with E-state index in [0.29, 0.717) is 29.9 Å². The maximum atomic E-state index is 14.7. The standard InChI is InChI=1S/C29H24F2N4O3/c1-3-37-27(36)10-7-18-5-4-6-19(13-18)14-26-33-29(35-34-26)22-15-20(8-9-23(22)30)38-28-17(2)21-11-12-32-25(21)16-24(28)31/h4-13,15-16,32H,3,14H2,1-2H3,(H,33,34,35). The van der Waals surface area contributed by atoms with Crippen LogP contribution in [0.4, 0.5) is 8.78 Å².